The second-order valence-corrected chi connectivity index (χ2v) is 5.37. The van der Waals surface area contributed by atoms with Gasteiger partial charge in [-0.25, -0.2) is 0 Å². The maximum absolute atomic E-state index is 11.8. The Bertz CT molecular complexity index is 421. The molecule has 16 heavy (non-hydrogen) atoms. The summed E-state index contributed by atoms with van der Waals surface area (Å²) in [6.07, 6.45) is 1.39. The maximum atomic E-state index is 11.8. The van der Waals surface area contributed by atoms with Gasteiger partial charge in [-0.2, -0.15) is 8.42 Å². The second kappa shape index (κ2) is 5.50. The van der Waals surface area contributed by atoms with Crippen molar-refractivity contribution in [1.29, 1.82) is 0 Å². The van der Waals surface area contributed by atoms with Crippen LogP contribution in [0.5, 0.6) is 0 Å². The van der Waals surface area contributed by atoms with Gasteiger partial charge in [0.2, 0.25) is 0 Å². The fraction of sp³-hybridized carbons (Fsp3) is 0.455. The topological polar surface area (TPSA) is 43.4 Å². The van der Waals surface area contributed by atoms with E-state index in [0.29, 0.717) is 12.6 Å². The van der Waals surface area contributed by atoms with Crippen molar-refractivity contribution in [3.63, 3.8) is 0 Å². The Morgan fingerprint density at radius 2 is 1.62 bits per heavy atom. The molecule has 0 aliphatic rings. The van der Waals surface area contributed by atoms with Gasteiger partial charge in [-0.05, 0) is 31.7 Å². The largest absolute Gasteiger partial charge is 0.330 e. The van der Waals surface area contributed by atoms with E-state index >= 15 is 0 Å². The highest BCUT2D eigenvalue weighted by molar-refractivity contribution is 7.87. The highest BCUT2D eigenvalue weighted by Crippen LogP contribution is 2.16. The van der Waals surface area contributed by atoms with Crippen LogP contribution in [0.25, 0.3) is 0 Å². The van der Waals surface area contributed by atoms with Crippen molar-refractivity contribution in [2.75, 3.05) is 0 Å². The Morgan fingerprint density at radius 3 is 2.06 bits per heavy atom. The van der Waals surface area contributed by atoms with Gasteiger partial charge in [-0.3, -0.25) is 0 Å². The maximum Gasteiger partial charge on any atom is 0.317 e. The van der Waals surface area contributed by atoms with Gasteiger partial charge in [0.25, 0.3) is 10.1 Å². The molecule has 88 valence electrons. The summed E-state index contributed by atoms with van der Waals surface area (Å²) in [5.74, 6) is 0. The van der Waals surface area contributed by atoms with Crippen LogP contribution in [0.15, 0.2) is 29.2 Å². The molecule has 1 rings (SSSR count). The minimum atomic E-state index is -3.60. The first-order valence-electron chi connectivity index (χ1n) is 5.49. The van der Waals surface area contributed by atoms with Gasteiger partial charge in [0.05, 0.1) is 4.90 Å². The number of benzene rings is 1. The molecule has 0 unspecified atom stereocenters. The highest BCUT2D eigenvalue weighted by Gasteiger charge is 2.22. The van der Waals surface area contributed by atoms with E-state index in [0.717, 1.165) is 5.56 Å². The predicted octanol–water partition coefficient (Wildman–Crippen LogP) is 2.73. The van der Waals surface area contributed by atoms with Crippen molar-refractivity contribution in [1.82, 2.24) is 0 Å². The summed E-state index contributed by atoms with van der Waals surface area (Å²) >= 11 is 0. The van der Waals surface area contributed by atoms with Gasteiger partial charge >= 0.3 is 6.92 Å². The number of rotatable bonds is 5. The summed E-state index contributed by atoms with van der Waals surface area (Å²) in [6, 6.07) is 6.69. The first-order chi connectivity index (χ1) is 7.49. The first kappa shape index (κ1) is 13.3. The molecular formula is C11H17BO3S. The Morgan fingerprint density at radius 1 is 1.12 bits per heavy atom. The fourth-order valence-electron chi connectivity index (χ4n) is 1.36. The molecule has 0 fully saturated rings. The summed E-state index contributed by atoms with van der Waals surface area (Å²) in [5, 5.41) is 0. The molecule has 1 aromatic carbocycles. The van der Waals surface area contributed by atoms with Gasteiger partial charge in [0, 0.05) is 0 Å². The SMILES string of the molecule is CCB(CC)OS(=O)(=O)c1ccc(C)cc1. The van der Waals surface area contributed by atoms with Crippen LogP contribution in [0.2, 0.25) is 12.6 Å². The molecule has 0 amide bonds. The van der Waals surface area contributed by atoms with Crippen LogP contribution in [0.4, 0.5) is 0 Å². The van der Waals surface area contributed by atoms with Crippen molar-refractivity contribution in [3.8, 4) is 0 Å². The molecule has 3 nitrogen and oxygen atoms in total. The first-order valence-corrected chi connectivity index (χ1v) is 6.90. The van der Waals surface area contributed by atoms with Crippen LogP contribution in [0.1, 0.15) is 19.4 Å². The van der Waals surface area contributed by atoms with Gasteiger partial charge in [0.1, 0.15) is 0 Å². The monoisotopic (exact) mass is 240 g/mol. The van der Waals surface area contributed by atoms with Crippen molar-refractivity contribution in [3.05, 3.63) is 29.8 Å². The third kappa shape index (κ3) is 3.35. The molecule has 0 bridgehead atoms. The standard InChI is InChI=1S/C11H17BO3S/c1-4-12(5-2)15-16(13,14)11-8-6-10(3)7-9-11/h6-9H,4-5H2,1-3H3. The summed E-state index contributed by atoms with van der Waals surface area (Å²) in [7, 11) is -3.60. The quantitative estimate of drug-likeness (QED) is 0.743. The minimum Gasteiger partial charge on any atom is -0.330 e. The van der Waals surface area contributed by atoms with Gasteiger partial charge in [-0.1, -0.05) is 31.5 Å². The molecule has 0 radical (unpaired) electrons. The molecule has 0 aliphatic heterocycles. The van der Waals surface area contributed by atoms with E-state index in [-0.39, 0.29) is 11.8 Å². The van der Waals surface area contributed by atoms with Crippen molar-refractivity contribution in [2.24, 2.45) is 0 Å². The van der Waals surface area contributed by atoms with Crippen molar-refractivity contribution < 1.29 is 12.5 Å². The molecule has 0 saturated carbocycles. The third-order valence-electron chi connectivity index (χ3n) is 2.48. The Balaban J connectivity index is 2.89. The van der Waals surface area contributed by atoms with Gasteiger partial charge in [-0.15, -0.1) is 0 Å². The lowest BCUT2D eigenvalue weighted by molar-refractivity contribution is 0.490. The predicted molar refractivity (Wildman–Crippen MR) is 66.2 cm³/mol. The zero-order valence-corrected chi connectivity index (χ0v) is 10.8. The van der Waals surface area contributed by atoms with Crippen LogP contribution in [0, 0.1) is 6.92 Å². The van der Waals surface area contributed by atoms with Gasteiger partial charge in [0.15, 0.2) is 0 Å². The lowest BCUT2D eigenvalue weighted by atomic mass is 9.63. The molecule has 0 spiro atoms. The van der Waals surface area contributed by atoms with Crippen LogP contribution in [-0.4, -0.2) is 15.3 Å². The van der Waals surface area contributed by atoms with Crippen LogP contribution in [0.3, 0.4) is 0 Å². The molecular weight excluding hydrogens is 223 g/mol. The summed E-state index contributed by atoms with van der Waals surface area (Å²) in [4.78, 5) is 0.227. The second-order valence-electron chi connectivity index (χ2n) is 3.80. The van der Waals surface area contributed by atoms with Crippen molar-refractivity contribution >= 4 is 17.0 Å². The van der Waals surface area contributed by atoms with Gasteiger partial charge < -0.3 is 4.10 Å². The lowest BCUT2D eigenvalue weighted by Gasteiger charge is -2.10. The normalized spacial score (nSPS) is 11.4. The zero-order chi connectivity index (χ0) is 12.2. The zero-order valence-electron chi connectivity index (χ0n) is 9.93. The van der Waals surface area contributed by atoms with E-state index in [1.54, 1.807) is 24.3 Å². The number of aryl methyl sites for hydroxylation is 1. The third-order valence-corrected chi connectivity index (χ3v) is 3.86. The number of hydrogen-bond acceptors (Lipinski definition) is 3. The Kier molecular flexibility index (Phi) is 4.56. The highest BCUT2D eigenvalue weighted by atomic mass is 32.2. The lowest BCUT2D eigenvalue weighted by Crippen LogP contribution is -2.20. The van der Waals surface area contributed by atoms with Crippen LogP contribution < -0.4 is 0 Å². The molecule has 1 aromatic rings. The molecule has 0 saturated heterocycles. The van der Waals surface area contributed by atoms with E-state index in [9.17, 15) is 8.42 Å². The molecule has 0 aromatic heterocycles. The summed E-state index contributed by atoms with van der Waals surface area (Å²) in [6.45, 7) is 5.52. The fourth-order valence-corrected chi connectivity index (χ4v) is 2.58. The van der Waals surface area contributed by atoms with E-state index in [1.165, 1.54) is 0 Å². The molecule has 5 heteroatoms. The molecule has 0 N–H and O–H groups in total. The van der Waals surface area contributed by atoms with E-state index in [1.807, 2.05) is 20.8 Å². The Hall–Kier alpha value is -0.805. The van der Waals surface area contributed by atoms with Crippen LogP contribution >= 0.6 is 0 Å². The van der Waals surface area contributed by atoms with Crippen LogP contribution in [-0.2, 0) is 14.2 Å². The smallest absolute Gasteiger partial charge is 0.317 e. The number of hydrogen-bond donors (Lipinski definition) is 0. The summed E-state index contributed by atoms with van der Waals surface area (Å²) < 4.78 is 28.8. The van der Waals surface area contributed by atoms with E-state index < -0.39 is 10.1 Å². The summed E-state index contributed by atoms with van der Waals surface area (Å²) in [5.41, 5.74) is 1.03. The average Bonchev–Trinajstić information content (AvgIpc) is 2.26. The average molecular weight is 240 g/mol. The minimum absolute atomic E-state index is 0.227. The Labute approximate surface area is 98.1 Å². The van der Waals surface area contributed by atoms with E-state index in [4.69, 9.17) is 4.10 Å². The van der Waals surface area contributed by atoms with Crippen molar-refractivity contribution in [2.45, 2.75) is 38.3 Å². The molecule has 0 aliphatic carbocycles. The molecule has 0 heterocycles. The molecule has 0 atom stereocenters. The van der Waals surface area contributed by atoms with E-state index in [2.05, 4.69) is 0 Å².